The molecule has 2 aromatic carbocycles. The van der Waals surface area contributed by atoms with Crippen LogP contribution >= 0.6 is 11.6 Å². The fraction of sp³-hybridized carbons (Fsp3) is 0.0556. The normalized spacial score (nSPS) is 11.9. The Bertz CT molecular complexity index is 758. The van der Waals surface area contributed by atoms with Gasteiger partial charge >= 0.3 is 0 Å². The Balaban J connectivity index is 1.82. The molecule has 0 N–H and O–H groups in total. The van der Waals surface area contributed by atoms with Gasteiger partial charge in [-0.1, -0.05) is 60.7 Å². The third-order valence-corrected chi connectivity index (χ3v) is 3.69. The van der Waals surface area contributed by atoms with Crippen molar-refractivity contribution in [2.24, 2.45) is 0 Å². The van der Waals surface area contributed by atoms with Crippen molar-refractivity contribution in [2.75, 3.05) is 0 Å². The number of hydrogen-bond donors (Lipinski definition) is 0. The van der Waals surface area contributed by atoms with Gasteiger partial charge in [0.1, 0.15) is 0 Å². The van der Waals surface area contributed by atoms with Crippen LogP contribution in [0.5, 0.6) is 0 Å². The average molecular weight is 309 g/mol. The first kappa shape index (κ1) is 14.4. The fourth-order valence-electron chi connectivity index (χ4n) is 2.11. The summed E-state index contributed by atoms with van der Waals surface area (Å²) in [6.45, 7) is 0. The largest absolute Gasteiger partial charge is 0.292 e. The van der Waals surface area contributed by atoms with Gasteiger partial charge in [-0.05, 0) is 5.56 Å². The van der Waals surface area contributed by atoms with Crippen LogP contribution in [0.2, 0.25) is 0 Å². The van der Waals surface area contributed by atoms with E-state index in [1.807, 2.05) is 36.4 Å². The van der Waals surface area contributed by atoms with Crippen molar-refractivity contribution in [2.45, 2.75) is 5.38 Å². The van der Waals surface area contributed by atoms with Gasteiger partial charge in [-0.2, -0.15) is 0 Å². The molecule has 0 bridgehead atoms. The maximum atomic E-state index is 12.3. The molecule has 4 heteroatoms. The van der Waals surface area contributed by atoms with E-state index in [4.69, 9.17) is 11.6 Å². The van der Waals surface area contributed by atoms with E-state index in [0.717, 1.165) is 11.1 Å². The van der Waals surface area contributed by atoms with Crippen LogP contribution in [-0.2, 0) is 0 Å². The zero-order valence-electron chi connectivity index (χ0n) is 11.7. The van der Waals surface area contributed by atoms with E-state index in [1.165, 1.54) is 0 Å². The second kappa shape index (κ2) is 6.50. The van der Waals surface area contributed by atoms with Gasteiger partial charge in [-0.15, -0.1) is 11.6 Å². The van der Waals surface area contributed by atoms with E-state index < -0.39 is 5.38 Å². The molecule has 1 atom stereocenters. The van der Waals surface area contributed by atoms with Gasteiger partial charge in [0, 0.05) is 23.5 Å². The smallest absolute Gasteiger partial charge is 0.188 e. The Morgan fingerprint density at radius 2 is 1.36 bits per heavy atom. The quantitative estimate of drug-likeness (QED) is 0.533. The SMILES string of the molecule is O=C(c1ccccc1)[C@H](Cl)c1ncc(-c2ccccc2)cn1. The molecule has 0 unspecified atom stereocenters. The number of alkyl halides is 1. The number of nitrogens with zero attached hydrogens (tertiary/aromatic N) is 2. The third-order valence-electron chi connectivity index (χ3n) is 3.29. The van der Waals surface area contributed by atoms with Crippen LogP contribution in [0.15, 0.2) is 73.1 Å². The van der Waals surface area contributed by atoms with Crippen molar-refractivity contribution in [3.63, 3.8) is 0 Å². The lowest BCUT2D eigenvalue weighted by Gasteiger charge is -2.08. The summed E-state index contributed by atoms with van der Waals surface area (Å²) >= 11 is 6.22. The zero-order chi connectivity index (χ0) is 15.4. The minimum atomic E-state index is -0.882. The molecule has 0 saturated heterocycles. The molecule has 0 amide bonds. The molecule has 3 rings (SSSR count). The van der Waals surface area contributed by atoms with E-state index in [-0.39, 0.29) is 5.78 Å². The van der Waals surface area contributed by atoms with Crippen molar-refractivity contribution in [3.8, 4) is 11.1 Å². The van der Waals surface area contributed by atoms with Crippen LogP contribution in [0, 0.1) is 0 Å². The Kier molecular flexibility index (Phi) is 4.26. The van der Waals surface area contributed by atoms with Gasteiger partial charge < -0.3 is 0 Å². The molecule has 22 heavy (non-hydrogen) atoms. The summed E-state index contributed by atoms with van der Waals surface area (Å²) < 4.78 is 0. The van der Waals surface area contributed by atoms with Crippen LogP contribution in [0.25, 0.3) is 11.1 Å². The number of ketones is 1. The Hall–Kier alpha value is -2.52. The highest BCUT2D eigenvalue weighted by molar-refractivity contribution is 6.33. The maximum Gasteiger partial charge on any atom is 0.188 e. The summed E-state index contributed by atoms with van der Waals surface area (Å²) in [7, 11) is 0. The molecule has 0 spiro atoms. The van der Waals surface area contributed by atoms with Gasteiger partial charge in [0.2, 0.25) is 0 Å². The van der Waals surface area contributed by atoms with Crippen molar-refractivity contribution >= 4 is 17.4 Å². The van der Waals surface area contributed by atoms with Gasteiger partial charge in [0.25, 0.3) is 0 Å². The number of carbonyl (C=O) groups excluding carboxylic acids is 1. The summed E-state index contributed by atoms with van der Waals surface area (Å²) in [5, 5.41) is -0.882. The molecule has 1 aromatic heterocycles. The highest BCUT2D eigenvalue weighted by Gasteiger charge is 2.21. The van der Waals surface area contributed by atoms with E-state index in [1.54, 1.807) is 36.7 Å². The molecular weight excluding hydrogens is 296 g/mol. The molecule has 0 radical (unpaired) electrons. The van der Waals surface area contributed by atoms with Gasteiger partial charge in [0.05, 0.1) is 0 Å². The third kappa shape index (κ3) is 3.05. The summed E-state index contributed by atoms with van der Waals surface area (Å²) in [5.74, 6) is 0.116. The Labute approximate surface area is 133 Å². The van der Waals surface area contributed by atoms with E-state index in [2.05, 4.69) is 9.97 Å². The molecule has 108 valence electrons. The number of hydrogen-bond acceptors (Lipinski definition) is 3. The molecule has 0 aliphatic heterocycles. The first-order valence-electron chi connectivity index (χ1n) is 6.86. The fourth-order valence-corrected chi connectivity index (χ4v) is 2.35. The van der Waals surface area contributed by atoms with Crippen molar-refractivity contribution in [1.29, 1.82) is 0 Å². The number of halogens is 1. The predicted octanol–water partition coefficient (Wildman–Crippen LogP) is 4.31. The maximum absolute atomic E-state index is 12.3. The number of Topliss-reactive ketones (excluding diaryl/α,β-unsaturated/α-hetero) is 1. The summed E-state index contributed by atoms with van der Waals surface area (Å²) in [6, 6.07) is 18.7. The molecule has 3 aromatic rings. The second-order valence-electron chi connectivity index (χ2n) is 4.79. The lowest BCUT2D eigenvalue weighted by Crippen LogP contribution is -2.10. The first-order chi connectivity index (χ1) is 10.8. The van der Waals surface area contributed by atoms with Gasteiger partial charge in [0.15, 0.2) is 17.0 Å². The van der Waals surface area contributed by atoms with Crippen LogP contribution < -0.4 is 0 Å². The van der Waals surface area contributed by atoms with Crippen LogP contribution in [0.3, 0.4) is 0 Å². The van der Waals surface area contributed by atoms with Crippen LogP contribution in [0.4, 0.5) is 0 Å². The molecule has 3 nitrogen and oxygen atoms in total. The number of carbonyl (C=O) groups is 1. The molecule has 1 heterocycles. The Morgan fingerprint density at radius 3 is 1.95 bits per heavy atom. The molecule has 0 fully saturated rings. The number of rotatable bonds is 4. The molecule has 0 aliphatic rings. The molecule has 0 saturated carbocycles. The summed E-state index contributed by atoms with van der Waals surface area (Å²) in [6.07, 6.45) is 3.37. The van der Waals surface area contributed by atoms with Crippen LogP contribution in [-0.4, -0.2) is 15.8 Å². The lowest BCUT2D eigenvalue weighted by molar-refractivity contribution is 0.0984. The number of aromatic nitrogens is 2. The van der Waals surface area contributed by atoms with Gasteiger partial charge in [-0.3, -0.25) is 4.79 Å². The van der Waals surface area contributed by atoms with E-state index in [9.17, 15) is 4.79 Å². The van der Waals surface area contributed by atoms with Crippen molar-refractivity contribution in [1.82, 2.24) is 9.97 Å². The molecule has 0 aliphatic carbocycles. The van der Waals surface area contributed by atoms with E-state index >= 15 is 0 Å². The van der Waals surface area contributed by atoms with E-state index in [0.29, 0.717) is 11.4 Å². The lowest BCUT2D eigenvalue weighted by atomic mass is 10.1. The highest BCUT2D eigenvalue weighted by atomic mass is 35.5. The standard InChI is InChI=1S/C18H13ClN2O/c19-16(17(22)14-9-5-2-6-10-14)18-20-11-15(12-21-18)13-7-3-1-4-8-13/h1-12,16H/t16-/m0/s1. The second-order valence-corrected chi connectivity index (χ2v) is 5.23. The topological polar surface area (TPSA) is 42.9 Å². The monoisotopic (exact) mass is 308 g/mol. The van der Waals surface area contributed by atoms with Crippen molar-refractivity contribution in [3.05, 3.63) is 84.4 Å². The summed E-state index contributed by atoms with van der Waals surface area (Å²) in [4.78, 5) is 20.8. The minimum Gasteiger partial charge on any atom is -0.292 e. The first-order valence-corrected chi connectivity index (χ1v) is 7.30. The predicted molar refractivity (Wildman–Crippen MR) is 86.8 cm³/mol. The molecular formula is C18H13ClN2O. The van der Waals surface area contributed by atoms with Crippen LogP contribution in [0.1, 0.15) is 21.6 Å². The number of benzene rings is 2. The van der Waals surface area contributed by atoms with Crippen molar-refractivity contribution < 1.29 is 4.79 Å². The minimum absolute atomic E-state index is 0.199. The zero-order valence-corrected chi connectivity index (χ0v) is 12.4. The summed E-state index contributed by atoms with van der Waals surface area (Å²) in [5.41, 5.74) is 2.47. The highest BCUT2D eigenvalue weighted by Crippen LogP contribution is 2.23. The Morgan fingerprint density at radius 1 is 0.818 bits per heavy atom. The van der Waals surface area contributed by atoms with Gasteiger partial charge in [-0.25, -0.2) is 9.97 Å². The average Bonchev–Trinajstić information content (AvgIpc) is 2.62.